The third-order valence-electron chi connectivity index (χ3n) is 2.71. The number of halogens is 1. The molecule has 0 unspecified atom stereocenters. The first-order valence-corrected chi connectivity index (χ1v) is 9.52. The molecule has 0 N–H and O–H groups in total. The number of carbonyl (C=O) groups is 2. The van der Waals surface area contributed by atoms with Crippen molar-refractivity contribution in [3.05, 3.63) is 56.7 Å². The Hall–Kier alpha value is -1.63. The molecule has 0 bridgehead atoms. The van der Waals surface area contributed by atoms with Crippen LogP contribution in [0.15, 0.2) is 36.4 Å². The molecular weight excluding hydrogens is 395 g/mol. The number of hydrogen-bond donors (Lipinski definition) is 0. The van der Waals surface area contributed by atoms with Gasteiger partial charge in [0, 0.05) is 0 Å². The second kappa shape index (κ2) is 7.58. The van der Waals surface area contributed by atoms with Crippen molar-refractivity contribution >= 4 is 32.6 Å². The van der Waals surface area contributed by atoms with Crippen LogP contribution in [-0.2, 0) is 15.7 Å². The van der Waals surface area contributed by atoms with E-state index in [4.69, 9.17) is 6.13 Å². The molecule has 1 aromatic carbocycles. The van der Waals surface area contributed by atoms with Crippen molar-refractivity contribution in [2.45, 2.75) is 34.6 Å². The summed E-state index contributed by atoms with van der Waals surface area (Å²) in [4.78, 5) is 23.7. The zero-order chi connectivity index (χ0) is 17.0. The number of aryl methyl sites for hydroxylation is 3. The summed E-state index contributed by atoms with van der Waals surface area (Å²) in [6.45, 7) is 16.1. The number of hydrogen-bond acceptors (Lipinski definition) is 4. The van der Waals surface area contributed by atoms with Crippen LogP contribution < -0.4 is 0 Å². The molecule has 22 heavy (non-hydrogen) atoms. The average Bonchev–Trinajstić information content (AvgIpc) is 2.36. The third-order valence-corrected chi connectivity index (χ3v) is 6.89. The van der Waals surface area contributed by atoms with Crippen molar-refractivity contribution in [3.8, 4) is 0 Å². The zero-order valence-electron chi connectivity index (χ0n) is 13.6. The molecule has 0 amide bonds. The van der Waals surface area contributed by atoms with E-state index in [9.17, 15) is 9.59 Å². The van der Waals surface area contributed by atoms with E-state index in [0.717, 1.165) is 20.3 Å². The summed E-state index contributed by atoms with van der Waals surface area (Å²) >= 11 is -2.95. The van der Waals surface area contributed by atoms with Crippen molar-refractivity contribution in [3.63, 3.8) is 0 Å². The Morgan fingerprint density at radius 3 is 1.59 bits per heavy atom. The maximum absolute atomic E-state index is 11.9. The second-order valence-electron chi connectivity index (χ2n) is 5.22. The monoisotopic (exact) mass is 416 g/mol. The maximum atomic E-state index is 11.9. The van der Waals surface area contributed by atoms with Gasteiger partial charge < -0.3 is 0 Å². The van der Waals surface area contributed by atoms with Crippen LogP contribution in [-0.4, -0.2) is 11.9 Å². The Kier molecular flexibility index (Phi) is 6.34. The Labute approximate surface area is 139 Å². The molecule has 1 aromatic rings. The number of benzene rings is 1. The summed E-state index contributed by atoms with van der Waals surface area (Å²) in [5, 5.41) is 0. The molecule has 5 heteroatoms. The third kappa shape index (κ3) is 4.69. The van der Waals surface area contributed by atoms with E-state index in [1.807, 2.05) is 32.9 Å². The van der Waals surface area contributed by atoms with Crippen LogP contribution in [0, 0.1) is 24.3 Å². The van der Waals surface area contributed by atoms with Gasteiger partial charge in [0.1, 0.15) is 0 Å². The number of carbonyl (C=O) groups excluding carboxylic acids is 2. The molecule has 0 aromatic heterocycles. The van der Waals surface area contributed by atoms with E-state index in [0.29, 0.717) is 0 Å². The van der Waals surface area contributed by atoms with Crippen LogP contribution in [0.1, 0.15) is 30.5 Å². The van der Waals surface area contributed by atoms with E-state index in [-0.39, 0.29) is 11.1 Å². The quantitative estimate of drug-likeness (QED) is 0.529. The van der Waals surface area contributed by atoms with Gasteiger partial charge in [-0.15, -0.1) is 0 Å². The summed E-state index contributed by atoms with van der Waals surface area (Å²) in [5.41, 5.74) is 3.55. The molecule has 0 fully saturated rings. The van der Waals surface area contributed by atoms with Gasteiger partial charge in [-0.25, -0.2) is 0 Å². The molecule has 0 saturated heterocycles. The van der Waals surface area contributed by atoms with E-state index >= 15 is 0 Å². The zero-order valence-corrected chi connectivity index (χ0v) is 15.7. The molecule has 0 atom stereocenters. The molecule has 0 aliphatic heterocycles. The Bertz CT molecular complexity index is 595. The molecule has 120 valence electrons. The van der Waals surface area contributed by atoms with Gasteiger partial charge in [-0.05, 0) is 0 Å². The van der Waals surface area contributed by atoms with Gasteiger partial charge in [-0.2, -0.15) is 0 Å². The fourth-order valence-corrected chi connectivity index (χ4v) is 5.47. The summed E-state index contributed by atoms with van der Waals surface area (Å²) in [6.07, 6.45) is 0. The Morgan fingerprint density at radius 2 is 1.27 bits per heavy atom. The molecule has 0 saturated carbocycles. The Balaban J connectivity index is 3.25. The second-order valence-corrected chi connectivity index (χ2v) is 8.42. The summed E-state index contributed by atoms with van der Waals surface area (Å²) in [5.74, 6) is -1.09. The summed E-state index contributed by atoms with van der Waals surface area (Å²) < 4.78 is 11.7. The molecule has 0 heterocycles. The standard InChI is InChI=1S/C17H21IO4/c1-10(2)16(19)21-18(22-17(20)11(3)4)15-13(6)8-12(5)9-14(15)7/h8-9H,1,3H2,2,4-7H3. The van der Waals surface area contributed by atoms with Crippen LogP contribution in [0.5, 0.6) is 0 Å². The fourth-order valence-electron chi connectivity index (χ4n) is 1.76. The van der Waals surface area contributed by atoms with Gasteiger partial charge in [0.25, 0.3) is 0 Å². The number of rotatable bonds is 5. The van der Waals surface area contributed by atoms with E-state index in [1.54, 1.807) is 13.8 Å². The van der Waals surface area contributed by atoms with Crippen LogP contribution in [0.2, 0.25) is 0 Å². The molecule has 0 aliphatic carbocycles. The average molecular weight is 416 g/mol. The normalized spacial score (nSPS) is 10.7. The molecule has 1 rings (SSSR count). The van der Waals surface area contributed by atoms with Crippen molar-refractivity contribution in [2.75, 3.05) is 0 Å². The molecule has 0 aliphatic rings. The predicted octanol–water partition coefficient (Wildman–Crippen LogP) is 4.36. The van der Waals surface area contributed by atoms with Gasteiger partial charge in [0.15, 0.2) is 0 Å². The van der Waals surface area contributed by atoms with Crippen LogP contribution in [0.4, 0.5) is 0 Å². The van der Waals surface area contributed by atoms with Gasteiger partial charge in [0.2, 0.25) is 0 Å². The van der Waals surface area contributed by atoms with Crippen molar-refractivity contribution in [1.29, 1.82) is 0 Å². The van der Waals surface area contributed by atoms with Crippen LogP contribution >= 0.6 is 20.6 Å². The molecule has 0 spiro atoms. The summed E-state index contributed by atoms with van der Waals surface area (Å²) in [7, 11) is 0. The first kappa shape index (κ1) is 18.4. The van der Waals surface area contributed by atoms with Crippen molar-refractivity contribution < 1.29 is 15.7 Å². The minimum atomic E-state index is -2.95. The van der Waals surface area contributed by atoms with E-state index in [1.165, 1.54) is 0 Å². The van der Waals surface area contributed by atoms with E-state index < -0.39 is 32.6 Å². The predicted molar refractivity (Wildman–Crippen MR) is 95.2 cm³/mol. The van der Waals surface area contributed by atoms with Gasteiger partial charge in [0.05, 0.1) is 0 Å². The van der Waals surface area contributed by atoms with Crippen LogP contribution in [0.25, 0.3) is 0 Å². The van der Waals surface area contributed by atoms with Gasteiger partial charge in [-0.1, -0.05) is 0 Å². The summed E-state index contributed by atoms with van der Waals surface area (Å²) in [6, 6.07) is 3.96. The van der Waals surface area contributed by atoms with Crippen LogP contribution in [0.3, 0.4) is 0 Å². The van der Waals surface area contributed by atoms with Gasteiger partial charge >= 0.3 is 140 Å². The molecular formula is C17H21IO4. The fraction of sp³-hybridized carbons (Fsp3) is 0.294. The van der Waals surface area contributed by atoms with Crippen molar-refractivity contribution in [2.24, 2.45) is 0 Å². The first-order valence-electron chi connectivity index (χ1n) is 6.68. The first-order chi connectivity index (χ1) is 10.1. The molecule has 0 radical (unpaired) electrons. The van der Waals surface area contributed by atoms with Crippen molar-refractivity contribution in [1.82, 2.24) is 0 Å². The minimum absolute atomic E-state index is 0.274. The Morgan fingerprint density at radius 1 is 0.909 bits per heavy atom. The SMILES string of the molecule is C=C(C)C(=O)OI(OC(=O)C(=C)C)c1c(C)cc(C)cc1C. The topological polar surface area (TPSA) is 52.6 Å². The van der Waals surface area contributed by atoms with Gasteiger partial charge in [-0.3, -0.25) is 0 Å². The van der Waals surface area contributed by atoms with E-state index in [2.05, 4.69) is 13.2 Å². The molecule has 4 nitrogen and oxygen atoms in total.